The van der Waals surface area contributed by atoms with Crippen LogP contribution < -0.4 is 10.2 Å². The van der Waals surface area contributed by atoms with E-state index in [4.69, 9.17) is 0 Å². The number of pyridine rings is 2. The fraction of sp³-hybridized carbons (Fsp3) is 0.267. The number of nitrogens with zero attached hydrogens (tertiary/aromatic N) is 4. The highest BCUT2D eigenvalue weighted by atomic mass is 19.1. The zero-order valence-electron chi connectivity index (χ0n) is 12.3. The minimum absolute atomic E-state index is 0.0459. The molecule has 0 radical (unpaired) electrons. The van der Waals surface area contributed by atoms with Gasteiger partial charge in [-0.3, -0.25) is 5.32 Å². The first kappa shape index (κ1) is 15.0. The Kier molecular flexibility index (Phi) is 4.22. The second-order valence-corrected chi connectivity index (χ2v) is 5.15. The second kappa shape index (κ2) is 6.47. The quantitative estimate of drug-likeness (QED) is 0.824. The summed E-state index contributed by atoms with van der Waals surface area (Å²) in [4.78, 5) is 23.5. The molecular weight excluding hydrogens is 301 g/mol. The van der Waals surface area contributed by atoms with Crippen LogP contribution in [0.15, 0.2) is 36.7 Å². The first-order valence-electron chi connectivity index (χ1n) is 7.19. The standard InChI is InChI=1S/C15H16FN5O2/c16-13-3-1-11(9-17-13)20-5-7-21(8-6-20)15(23)19-14-4-2-12(22)10-18-14/h1-4,9-10,22H,5-8H2,(H,18,19,23). The van der Waals surface area contributed by atoms with Gasteiger partial charge in [0, 0.05) is 26.2 Å². The molecule has 2 N–H and O–H groups in total. The van der Waals surface area contributed by atoms with E-state index >= 15 is 0 Å². The third kappa shape index (κ3) is 3.65. The first-order chi connectivity index (χ1) is 11.1. The lowest BCUT2D eigenvalue weighted by atomic mass is 10.3. The van der Waals surface area contributed by atoms with E-state index in [0.29, 0.717) is 32.0 Å². The average Bonchev–Trinajstić information content (AvgIpc) is 2.58. The second-order valence-electron chi connectivity index (χ2n) is 5.15. The predicted octanol–water partition coefficient (Wildman–Crippen LogP) is 1.68. The van der Waals surface area contributed by atoms with Crippen LogP contribution in [0.4, 0.5) is 20.7 Å². The van der Waals surface area contributed by atoms with E-state index < -0.39 is 5.95 Å². The van der Waals surface area contributed by atoms with Crippen LogP contribution in [0.2, 0.25) is 0 Å². The van der Waals surface area contributed by atoms with Gasteiger partial charge in [-0.05, 0) is 24.3 Å². The van der Waals surface area contributed by atoms with Crippen LogP contribution in [0.1, 0.15) is 0 Å². The highest BCUT2D eigenvalue weighted by molar-refractivity contribution is 5.88. The zero-order valence-corrected chi connectivity index (χ0v) is 12.3. The molecule has 1 aliphatic heterocycles. The maximum Gasteiger partial charge on any atom is 0.323 e. The molecule has 1 saturated heterocycles. The van der Waals surface area contributed by atoms with Gasteiger partial charge in [0.2, 0.25) is 5.95 Å². The van der Waals surface area contributed by atoms with Gasteiger partial charge in [-0.25, -0.2) is 14.8 Å². The molecule has 7 nitrogen and oxygen atoms in total. The van der Waals surface area contributed by atoms with Crippen molar-refractivity contribution >= 4 is 17.5 Å². The first-order valence-corrected chi connectivity index (χ1v) is 7.19. The third-order valence-electron chi connectivity index (χ3n) is 3.63. The Morgan fingerprint density at radius 1 is 1.09 bits per heavy atom. The molecule has 1 fully saturated rings. The Morgan fingerprint density at radius 3 is 2.48 bits per heavy atom. The third-order valence-corrected chi connectivity index (χ3v) is 3.63. The molecule has 2 amide bonds. The molecule has 0 saturated carbocycles. The van der Waals surface area contributed by atoms with Gasteiger partial charge in [-0.2, -0.15) is 4.39 Å². The maximum atomic E-state index is 12.8. The van der Waals surface area contributed by atoms with Crippen LogP contribution in [-0.4, -0.2) is 52.2 Å². The zero-order chi connectivity index (χ0) is 16.2. The molecule has 0 unspecified atom stereocenters. The summed E-state index contributed by atoms with van der Waals surface area (Å²) in [5.41, 5.74) is 0.839. The molecule has 2 aromatic heterocycles. The van der Waals surface area contributed by atoms with Gasteiger partial charge in [0.1, 0.15) is 11.6 Å². The lowest BCUT2D eigenvalue weighted by molar-refractivity contribution is 0.208. The summed E-state index contributed by atoms with van der Waals surface area (Å²) in [5, 5.41) is 11.9. The van der Waals surface area contributed by atoms with Gasteiger partial charge < -0.3 is 14.9 Å². The summed E-state index contributed by atoms with van der Waals surface area (Å²) in [7, 11) is 0. The Hall–Kier alpha value is -2.90. The van der Waals surface area contributed by atoms with Crippen molar-refractivity contribution in [2.24, 2.45) is 0 Å². The van der Waals surface area contributed by atoms with E-state index in [0.717, 1.165) is 5.69 Å². The number of nitrogens with one attached hydrogen (secondary N) is 1. The molecule has 0 aliphatic carbocycles. The smallest absolute Gasteiger partial charge is 0.323 e. The predicted molar refractivity (Wildman–Crippen MR) is 82.9 cm³/mol. The Labute approximate surface area is 132 Å². The van der Waals surface area contributed by atoms with Crippen LogP contribution in [0.5, 0.6) is 5.75 Å². The normalized spacial score (nSPS) is 14.7. The number of hydrogen-bond donors (Lipinski definition) is 2. The largest absolute Gasteiger partial charge is 0.506 e. The van der Waals surface area contributed by atoms with Crippen LogP contribution in [0.3, 0.4) is 0 Å². The highest BCUT2D eigenvalue weighted by Crippen LogP contribution is 2.16. The number of carbonyl (C=O) groups is 1. The molecular formula is C15H16FN5O2. The summed E-state index contributed by atoms with van der Waals surface area (Å²) in [6.07, 6.45) is 2.76. The number of aromatic nitrogens is 2. The van der Waals surface area contributed by atoms with E-state index in [1.807, 2.05) is 0 Å². The van der Waals surface area contributed by atoms with Crippen LogP contribution >= 0.6 is 0 Å². The number of aromatic hydroxyl groups is 1. The van der Waals surface area contributed by atoms with Crippen molar-refractivity contribution in [3.05, 3.63) is 42.6 Å². The van der Waals surface area contributed by atoms with Crippen LogP contribution in [0.25, 0.3) is 0 Å². The van der Waals surface area contributed by atoms with Crippen molar-refractivity contribution in [3.8, 4) is 5.75 Å². The van der Waals surface area contributed by atoms with Crippen LogP contribution in [0, 0.1) is 5.95 Å². The van der Waals surface area contributed by atoms with Gasteiger partial charge in [0.25, 0.3) is 0 Å². The molecule has 8 heteroatoms. The van der Waals surface area contributed by atoms with E-state index in [-0.39, 0.29) is 11.8 Å². The number of halogens is 1. The number of amides is 2. The molecule has 120 valence electrons. The van der Waals surface area contributed by atoms with Gasteiger partial charge in [-0.15, -0.1) is 0 Å². The van der Waals surface area contributed by atoms with Gasteiger partial charge in [-0.1, -0.05) is 0 Å². The Morgan fingerprint density at radius 2 is 1.87 bits per heavy atom. The molecule has 23 heavy (non-hydrogen) atoms. The van der Waals surface area contributed by atoms with Crippen molar-refractivity contribution in [1.29, 1.82) is 0 Å². The molecule has 0 aromatic carbocycles. The lowest BCUT2D eigenvalue weighted by Crippen LogP contribution is -2.50. The van der Waals surface area contributed by atoms with Crippen molar-refractivity contribution in [2.75, 3.05) is 36.4 Å². The number of rotatable bonds is 2. The van der Waals surface area contributed by atoms with Crippen molar-refractivity contribution in [3.63, 3.8) is 0 Å². The maximum absolute atomic E-state index is 12.8. The molecule has 0 bridgehead atoms. The van der Waals surface area contributed by atoms with E-state index in [9.17, 15) is 14.3 Å². The number of anilines is 2. The summed E-state index contributed by atoms with van der Waals surface area (Å²) in [6, 6.07) is 5.76. The van der Waals surface area contributed by atoms with E-state index in [1.54, 1.807) is 11.0 Å². The number of hydrogen-bond acceptors (Lipinski definition) is 5. The van der Waals surface area contributed by atoms with Crippen LogP contribution in [-0.2, 0) is 0 Å². The lowest BCUT2D eigenvalue weighted by Gasteiger charge is -2.35. The van der Waals surface area contributed by atoms with Gasteiger partial charge >= 0.3 is 6.03 Å². The Balaban J connectivity index is 1.54. The molecule has 0 atom stereocenters. The molecule has 3 heterocycles. The van der Waals surface area contributed by atoms with Gasteiger partial charge in [0.05, 0.1) is 18.1 Å². The fourth-order valence-electron chi connectivity index (χ4n) is 2.37. The van der Waals surface area contributed by atoms with Crippen molar-refractivity contribution in [2.45, 2.75) is 0 Å². The summed E-state index contributed by atoms with van der Waals surface area (Å²) >= 11 is 0. The number of urea groups is 1. The highest BCUT2D eigenvalue weighted by Gasteiger charge is 2.21. The van der Waals surface area contributed by atoms with E-state index in [1.165, 1.54) is 30.6 Å². The molecule has 1 aliphatic rings. The summed E-state index contributed by atoms with van der Waals surface area (Å²) in [5.74, 6) is -0.0735. The number of carbonyl (C=O) groups excluding carboxylic acids is 1. The molecule has 0 spiro atoms. The van der Waals surface area contributed by atoms with Crippen molar-refractivity contribution in [1.82, 2.24) is 14.9 Å². The van der Waals surface area contributed by atoms with Crippen molar-refractivity contribution < 1.29 is 14.3 Å². The van der Waals surface area contributed by atoms with Gasteiger partial charge in [0.15, 0.2) is 0 Å². The summed E-state index contributed by atoms with van der Waals surface area (Å²) < 4.78 is 12.8. The minimum atomic E-state index is -0.506. The summed E-state index contributed by atoms with van der Waals surface area (Å²) in [6.45, 7) is 2.37. The fourth-order valence-corrected chi connectivity index (χ4v) is 2.37. The number of piperazine rings is 1. The topological polar surface area (TPSA) is 81.6 Å². The molecule has 3 rings (SSSR count). The van der Waals surface area contributed by atoms with E-state index in [2.05, 4.69) is 20.2 Å². The average molecular weight is 317 g/mol. The Bertz CT molecular complexity index is 669. The monoisotopic (exact) mass is 317 g/mol. The minimum Gasteiger partial charge on any atom is -0.506 e. The SMILES string of the molecule is O=C(Nc1ccc(O)cn1)N1CCN(c2ccc(F)nc2)CC1. The molecule has 2 aromatic rings.